The van der Waals surface area contributed by atoms with Crippen molar-refractivity contribution in [3.63, 3.8) is 0 Å². The highest BCUT2D eigenvalue weighted by atomic mass is 16.5. The van der Waals surface area contributed by atoms with Crippen LogP contribution in [0, 0.1) is 11.3 Å². The number of nitriles is 1. The molecule has 3 aromatic carbocycles. The highest BCUT2D eigenvalue weighted by Gasteiger charge is 2.06. The summed E-state index contributed by atoms with van der Waals surface area (Å²) in [4.78, 5) is 12.0. The summed E-state index contributed by atoms with van der Waals surface area (Å²) in [6.45, 7) is 0.00575. The summed E-state index contributed by atoms with van der Waals surface area (Å²) in [5.74, 6) is 0.585. The number of Topliss-reactive ketones (excluding diaryl/α,β-unsaturated/α-hetero) is 1. The van der Waals surface area contributed by atoms with Gasteiger partial charge in [-0.15, -0.1) is 0 Å². The van der Waals surface area contributed by atoms with Gasteiger partial charge in [0.15, 0.2) is 12.4 Å². The summed E-state index contributed by atoms with van der Waals surface area (Å²) in [7, 11) is 0. The molecule has 0 aliphatic carbocycles. The van der Waals surface area contributed by atoms with Crippen LogP contribution in [0.1, 0.15) is 15.9 Å². The van der Waals surface area contributed by atoms with Crippen molar-refractivity contribution >= 4 is 16.6 Å². The van der Waals surface area contributed by atoms with Crippen LogP contribution in [0.2, 0.25) is 0 Å². The van der Waals surface area contributed by atoms with Crippen LogP contribution in [0.15, 0.2) is 66.7 Å². The van der Waals surface area contributed by atoms with Crippen molar-refractivity contribution in [2.75, 3.05) is 6.61 Å². The lowest BCUT2D eigenvalue weighted by atomic mass is 10.1. The maximum Gasteiger partial charge on any atom is 0.200 e. The van der Waals surface area contributed by atoms with Gasteiger partial charge < -0.3 is 4.74 Å². The van der Waals surface area contributed by atoms with Gasteiger partial charge >= 0.3 is 0 Å². The molecule has 0 saturated heterocycles. The molecule has 0 heterocycles. The zero-order chi connectivity index (χ0) is 15.4. The Morgan fingerprint density at radius 1 is 0.955 bits per heavy atom. The lowest BCUT2D eigenvalue weighted by Crippen LogP contribution is -2.11. The van der Waals surface area contributed by atoms with E-state index in [1.807, 2.05) is 48.5 Å². The molecule has 3 aromatic rings. The minimum atomic E-state index is -0.0551. The minimum absolute atomic E-state index is 0.00575. The van der Waals surface area contributed by atoms with Crippen molar-refractivity contribution in [3.8, 4) is 11.8 Å². The SMILES string of the molecule is N#Cc1ccc2cc(OCC(=O)c3ccccc3)ccc2c1. The van der Waals surface area contributed by atoms with Crippen molar-refractivity contribution in [3.05, 3.63) is 77.9 Å². The van der Waals surface area contributed by atoms with Gasteiger partial charge in [-0.3, -0.25) is 4.79 Å². The zero-order valence-corrected chi connectivity index (χ0v) is 11.8. The van der Waals surface area contributed by atoms with Crippen LogP contribution >= 0.6 is 0 Å². The van der Waals surface area contributed by atoms with E-state index in [4.69, 9.17) is 10.00 Å². The summed E-state index contributed by atoms with van der Waals surface area (Å²) in [6, 6.07) is 22.2. The molecule has 3 rings (SSSR count). The third kappa shape index (κ3) is 2.97. The Morgan fingerprint density at radius 3 is 2.45 bits per heavy atom. The molecule has 0 N–H and O–H groups in total. The van der Waals surface area contributed by atoms with Crippen LogP contribution in [0.3, 0.4) is 0 Å². The fourth-order valence-electron chi connectivity index (χ4n) is 2.24. The summed E-state index contributed by atoms with van der Waals surface area (Å²) in [5.41, 5.74) is 1.27. The largest absolute Gasteiger partial charge is 0.485 e. The molecule has 22 heavy (non-hydrogen) atoms. The second-order valence-electron chi connectivity index (χ2n) is 4.91. The number of carbonyl (C=O) groups excluding carboxylic acids is 1. The Bertz CT molecular complexity index is 863. The maximum atomic E-state index is 12.0. The molecular weight excluding hydrogens is 274 g/mol. The van der Waals surface area contributed by atoms with E-state index in [0.717, 1.165) is 10.8 Å². The second-order valence-corrected chi connectivity index (χ2v) is 4.91. The monoisotopic (exact) mass is 287 g/mol. The topological polar surface area (TPSA) is 50.1 Å². The third-order valence-corrected chi connectivity index (χ3v) is 3.41. The first-order chi connectivity index (χ1) is 10.8. The van der Waals surface area contributed by atoms with Crippen molar-refractivity contribution < 1.29 is 9.53 Å². The average Bonchev–Trinajstić information content (AvgIpc) is 2.59. The van der Waals surface area contributed by atoms with Crippen LogP contribution in [0.25, 0.3) is 10.8 Å². The zero-order valence-electron chi connectivity index (χ0n) is 11.8. The van der Waals surface area contributed by atoms with E-state index in [0.29, 0.717) is 16.9 Å². The van der Waals surface area contributed by atoms with Crippen LogP contribution in [-0.2, 0) is 0 Å². The van der Waals surface area contributed by atoms with Crippen LogP contribution in [0.4, 0.5) is 0 Å². The summed E-state index contributed by atoms with van der Waals surface area (Å²) in [5, 5.41) is 10.8. The number of ether oxygens (including phenoxy) is 1. The molecule has 0 amide bonds. The first-order valence-corrected chi connectivity index (χ1v) is 6.91. The van der Waals surface area contributed by atoms with E-state index < -0.39 is 0 Å². The second kappa shape index (κ2) is 6.11. The molecule has 0 radical (unpaired) electrons. The van der Waals surface area contributed by atoms with Crippen LogP contribution < -0.4 is 4.74 Å². The number of hydrogen-bond donors (Lipinski definition) is 0. The van der Waals surface area contributed by atoms with Gasteiger partial charge in [0.05, 0.1) is 11.6 Å². The predicted molar refractivity (Wildman–Crippen MR) is 84.9 cm³/mol. The number of benzene rings is 3. The molecule has 0 unspecified atom stereocenters. The smallest absolute Gasteiger partial charge is 0.200 e. The molecular formula is C19H13NO2. The fourth-order valence-corrected chi connectivity index (χ4v) is 2.24. The normalized spacial score (nSPS) is 10.1. The molecule has 3 heteroatoms. The molecule has 0 aliphatic heterocycles. The van der Waals surface area contributed by atoms with E-state index in [2.05, 4.69) is 6.07 Å². The van der Waals surface area contributed by atoms with E-state index >= 15 is 0 Å². The van der Waals surface area contributed by atoms with E-state index in [9.17, 15) is 4.79 Å². The summed E-state index contributed by atoms with van der Waals surface area (Å²) in [6.07, 6.45) is 0. The average molecular weight is 287 g/mol. The van der Waals surface area contributed by atoms with E-state index in [1.165, 1.54) is 0 Å². The minimum Gasteiger partial charge on any atom is -0.485 e. The standard InChI is InChI=1S/C19H13NO2/c20-12-14-6-7-17-11-18(9-8-16(17)10-14)22-13-19(21)15-4-2-1-3-5-15/h1-11H,13H2. The molecule has 0 spiro atoms. The molecule has 0 fully saturated rings. The molecule has 0 saturated carbocycles. The molecule has 0 aliphatic rings. The van der Waals surface area contributed by atoms with Crippen molar-refractivity contribution in [1.82, 2.24) is 0 Å². The number of rotatable bonds is 4. The van der Waals surface area contributed by atoms with Gasteiger partial charge in [0.25, 0.3) is 0 Å². The summed E-state index contributed by atoms with van der Waals surface area (Å²) >= 11 is 0. The van der Waals surface area contributed by atoms with Crippen molar-refractivity contribution in [2.45, 2.75) is 0 Å². The molecule has 0 bridgehead atoms. The maximum absolute atomic E-state index is 12.0. The van der Waals surface area contributed by atoms with E-state index in [1.54, 1.807) is 18.2 Å². The van der Waals surface area contributed by atoms with Gasteiger partial charge in [-0.05, 0) is 35.0 Å². The highest BCUT2D eigenvalue weighted by molar-refractivity contribution is 5.97. The van der Waals surface area contributed by atoms with Crippen molar-refractivity contribution in [2.24, 2.45) is 0 Å². The van der Waals surface area contributed by atoms with Gasteiger partial charge in [0.2, 0.25) is 0 Å². The first-order valence-electron chi connectivity index (χ1n) is 6.91. The van der Waals surface area contributed by atoms with Gasteiger partial charge in [0, 0.05) is 5.56 Å². The number of nitrogens with zero attached hydrogens (tertiary/aromatic N) is 1. The Morgan fingerprint density at radius 2 is 1.68 bits per heavy atom. The lowest BCUT2D eigenvalue weighted by molar-refractivity contribution is 0.0921. The Hall–Kier alpha value is -3.12. The number of carbonyl (C=O) groups is 1. The van der Waals surface area contributed by atoms with Crippen LogP contribution in [-0.4, -0.2) is 12.4 Å². The molecule has 0 aromatic heterocycles. The third-order valence-electron chi connectivity index (χ3n) is 3.41. The summed E-state index contributed by atoms with van der Waals surface area (Å²) < 4.78 is 5.57. The van der Waals surface area contributed by atoms with Crippen molar-refractivity contribution in [1.29, 1.82) is 5.26 Å². The first kappa shape index (κ1) is 13.8. The number of ketones is 1. The molecule has 0 atom stereocenters. The molecule has 3 nitrogen and oxygen atoms in total. The van der Waals surface area contributed by atoms with E-state index in [-0.39, 0.29) is 12.4 Å². The predicted octanol–water partition coefficient (Wildman–Crippen LogP) is 3.97. The molecule has 106 valence electrons. The number of fused-ring (bicyclic) bond motifs is 1. The Balaban J connectivity index is 1.75. The van der Waals surface area contributed by atoms with Gasteiger partial charge in [0.1, 0.15) is 5.75 Å². The highest BCUT2D eigenvalue weighted by Crippen LogP contribution is 2.22. The quantitative estimate of drug-likeness (QED) is 0.682. The van der Waals surface area contributed by atoms with Crippen LogP contribution in [0.5, 0.6) is 5.75 Å². The Kier molecular flexibility index (Phi) is 3.84. The fraction of sp³-hybridized carbons (Fsp3) is 0.0526. The Labute approximate surface area is 128 Å². The lowest BCUT2D eigenvalue weighted by Gasteiger charge is -2.07. The van der Waals surface area contributed by atoms with Gasteiger partial charge in [-0.25, -0.2) is 0 Å². The number of hydrogen-bond acceptors (Lipinski definition) is 3. The van der Waals surface area contributed by atoms with Gasteiger partial charge in [-0.1, -0.05) is 42.5 Å². The van der Waals surface area contributed by atoms with Gasteiger partial charge in [-0.2, -0.15) is 5.26 Å².